The van der Waals surface area contributed by atoms with Gasteiger partial charge in [-0.05, 0) is 30.9 Å². The van der Waals surface area contributed by atoms with Gasteiger partial charge in [0.05, 0.1) is 17.5 Å². The third-order valence-corrected chi connectivity index (χ3v) is 4.30. The lowest BCUT2D eigenvalue weighted by molar-refractivity contribution is 0.177. The van der Waals surface area contributed by atoms with Crippen molar-refractivity contribution in [1.82, 2.24) is 10.1 Å². The first-order valence-electron chi connectivity index (χ1n) is 5.98. The molecule has 2 N–H and O–H groups in total. The summed E-state index contributed by atoms with van der Waals surface area (Å²) in [5, 5.41) is 3.91. The Hall–Kier alpha value is -1.24. The Morgan fingerprint density at radius 3 is 3.22 bits per heavy atom. The Bertz CT molecular complexity index is 528. The molecule has 0 saturated carbocycles. The molecule has 3 rings (SSSR count). The number of fused-ring (bicyclic) bond motifs is 1. The van der Waals surface area contributed by atoms with E-state index in [9.17, 15) is 0 Å². The standard InChI is InChI=1S/C12H15N3O2S/c1-16-6-8(13)11-14-12(17-15-11)10-5-7-3-2-4-9(7)18-10/h5,8H,2-4,6,13H2,1H3. The molecule has 0 bridgehead atoms. The molecular formula is C12H15N3O2S. The summed E-state index contributed by atoms with van der Waals surface area (Å²) in [5.41, 5.74) is 7.29. The summed E-state index contributed by atoms with van der Waals surface area (Å²) in [7, 11) is 1.60. The fourth-order valence-electron chi connectivity index (χ4n) is 2.17. The molecule has 0 fully saturated rings. The highest BCUT2D eigenvalue weighted by Gasteiger charge is 2.20. The largest absolute Gasteiger partial charge is 0.383 e. The fraction of sp³-hybridized carbons (Fsp3) is 0.500. The lowest BCUT2D eigenvalue weighted by Crippen LogP contribution is -2.17. The smallest absolute Gasteiger partial charge is 0.268 e. The van der Waals surface area contributed by atoms with Crippen molar-refractivity contribution < 1.29 is 9.26 Å². The molecule has 1 atom stereocenters. The highest BCUT2D eigenvalue weighted by atomic mass is 32.1. The normalized spacial score (nSPS) is 15.9. The first kappa shape index (κ1) is 11.8. The summed E-state index contributed by atoms with van der Waals surface area (Å²) in [4.78, 5) is 6.83. The van der Waals surface area contributed by atoms with Crippen LogP contribution in [-0.2, 0) is 17.6 Å². The van der Waals surface area contributed by atoms with Crippen molar-refractivity contribution in [1.29, 1.82) is 0 Å². The number of aromatic nitrogens is 2. The lowest BCUT2D eigenvalue weighted by Gasteiger charge is -2.02. The molecule has 0 saturated heterocycles. The zero-order valence-corrected chi connectivity index (χ0v) is 11.0. The van der Waals surface area contributed by atoms with Crippen molar-refractivity contribution in [2.75, 3.05) is 13.7 Å². The number of thiophene rings is 1. The van der Waals surface area contributed by atoms with Crippen LogP contribution in [0, 0.1) is 0 Å². The van der Waals surface area contributed by atoms with Crippen LogP contribution in [0.5, 0.6) is 0 Å². The number of hydrogen-bond donors (Lipinski definition) is 1. The second-order valence-electron chi connectivity index (χ2n) is 4.43. The minimum Gasteiger partial charge on any atom is -0.383 e. The van der Waals surface area contributed by atoms with E-state index in [1.807, 2.05) is 0 Å². The second-order valence-corrected chi connectivity index (χ2v) is 5.57. The molecule has 1 aliphatic rings. The van der Waals surface area contributed by atoms with Crippen molar-refractivity contribution in [2.45, 2.75) is 25.3 Å². The topological polar surface area (TPSA) is 74.2 Å². The number of nitrogens with zero attached hydrogens (tertiary/aromatic N) is 2. The molecule has 0 aliphatic heterocycles. The maximum absolute atomic E-state index is 5.86. The van der Waals surface area contributed by atoms with Crippen molar-refractivity contribution in [3.05, 3.63) is 22.3 Å². The Labute approximate surface area is 109 Å². The van der Waals surface area contributed by atoms with Crippen molar-refractivity contribution in [3.63, 3.8) is 0 Å². The first-order chi connectivity index (χ1) is 8.78. The van der Waals surface area contributed by atoms with Crippen molar-refractivity contribution in [2.24, 2.45) is 5.73 Å². The molecule has 18 heavy (non-hydrogen) atoms. The zero-order valence-electron chi connectivity index (χ0n) is 10.2. The average Bonchev–Trinajstić information content (AvgIpc) is 3.03. The van der Waals surface area contributed by atoms with E-state index in [1.165, 1.54) is 23.3 Å². The molecule has 0 radical (unpaired) electrons. The van der Waals surface area contributed by atoms with Gasteiger partial charge in [0.15, 0.2) is 5.82 Å². The molecule has 2 aromatic rings. The van der Waals surface area contributed by atoms with Crippen LogP contribution in [0.3, 0.4) is 0 Å². The Balaban J connectivity index is 1.84. The van der Waals surface area contributed by atoms with Gasteiger partial charge in [0.1, 0.15) is 0 Å². The number of nitrogens with two attached hydrogens (primary N) is 1. The van der Waals surface area contributed by atoms with Gasteiger partial charge in [-0.25, -0.2) is 0 Å². The fourth-order valence-corrected chi connectivity index (χ4v) is 3.35. The molecule has 96 valence electrons. The van der Waals surface area contributed by atoms with Gasteiger partial charge in [-0.15, -0.1) is 11.3 Å². The van der Waals surface area contributed by atoms with Crippen LogP contribution in [0.15, 0.2) is 10.6 Å². The van der Waals surface area contributed by atoms with Crippen molar-refractivity contribution in [3.8, 4) is 10.8 Å². The summed E-state index contributed by atoms with van der Waals surface area (Å²) in [6.45, 7) is 0.389. The third kappa shape index (κ3) is 2.07. The summed E-state index contributed by atoms with van der Waals surface area (Å²) in [5.74, 6) is 1.07. The molecule has 0 amide bonds. The van der Waals surface area contributed by atoms with E-state index < -0.39 is 0 Å². The molecule has 1 aliphatic carbocycles. The van der Waals surface area contributed by atoms with Gasteiger partial charge in [-0.2, -0.15) is 4.98 Å². The first-order valence-corrected chi connectivity index (χ1v) is 6.79. The number of aryl methyl sites for hydroxylation is 2. The predicted octanol–water partition coefficient (Wildman–Crippen LogP) is 1.93. The summed E-state index contributed by atoms with van der Waals surface area (Å²) >= 11 is 1.75. The molecule has 5 nitrogen and oxygen atoms in total. The van der Waals surface area contributed by atoms with E-state index >= 15 is 0 Å². The van der Waals surface area contributed by atoms with E-state index in [-0.39, 0.29) is 6.04 Å². The van der Waals surface area contributed by atoms with Crippen LogP contribution in [0.25, 0.3) is 10.8 Å². The van der Waals surface area contributed by atoms with Crippen molar-refractivity contribution >= 4 is 11.3 Å². The van der Waals surface area contributed by atoms with Gasteiger partial charge in [-0.3, -0.25) is 0 Å². The summed E-state index contributed by atoms with van der Waals surface area (Å²) in [6, 6.07) is 1.82. The monoisotopic (exact) mass is 265 g/mol. The molecule has 0 aromatic carbocycles. The van der Waals surface area contributed by atoms with Gasteiger partial charge in [0, 0.05) is 12.0 Å². The quantitative estimate of drug-likeness (QED) is 0.914. The molecule has 1 unspecified atom stereocenters. The molecule has 6 heteroatoms. The number of methoxy groups -OCH3 is 1. The Morgan fingerprint density at radius 1 is 1.56 bits per heavy atom. The van der Waals surface area contributed by atoms with E-state index in [1.54, 1.807) is 18.4 Å². The second kappa shape index (κ2) is 4.79. The van der Waals surface area contributed by atoms with Crippen LogP contribution in [0.4, 0.5) is 0 Å². The highest BCUT2D eigenvalue weighted by molar-refractivity contribution is 7.15. The van der Waals surface area contributed by atoms with Gasteiger partial charge in [-0.1, -0.05) is 5.16 Å². The van der Waals surface area contributed by atoms with Gasteiger partial charge >= 0.3 is 0 Å². The maximum Gasteiger partial charge on any atom is 0.268 e. The van der Waals surface area contributed by atoms with Crippen LogP contribution in [0.1, 0.15) is 28.7 Å². The maximum atomic E-state index is 5.86. The Morgan fingerprint density at radius 2 is 2.44 bits per heavy atom. The average molecular weight is 265 g/mol. The van der Waals surface area contributed by atoms with Gasteiger partial charge < -0.3 is 15.0 Å². The molecule has 0 spiro atoms. The predicted molar refractivity (Wildman–Crippen MR) is 68.4 cm³/mol. The lowest BCUT2D eigenvalue weighted by atomic mass is 10.2. The Kier molecular flexibility index (Phi) is 3.15. The van der Waals surface area contributed by atoms with Gasteiger partial charge in [0.25, 0.3) is 5.89 Å². The van der Waals surface area contributed by atoms with Crippen LogP contribution < -0.4 is 5.73 Å². The highest BCUT2D eigenvalue weighted by Crippen LogP contribution is 2.35. The minimum absolute atomic E-state index is 0.334. The third-order valence-electron chi connectivity index (χ3n) is 3.08. The number of hydrogen-bond acceptors (Lipinski definition) is 6. The van der Waals surface area contributed by atoms with Crippen LogP contribution >= 0.6 is 11.3 Å². The van der Waals surface area contributed by atoms with E-state index in [2.05, 4.69) is 16.2 Å². The molecule has 2 heterocycles. The number of ether oxygens (including phenoxy) is 1. The number of rotatable bonds is 4. The molecule has 2 aromatic heterocycles. The SMILES string of the molecule is COCC(N)c1noc(-c2cc3c(s2)CCC3)n1. The summed E-state index contributed by atoms with van der Waals surface area (Å²) < 4.78 is 10.2. The summed E-state index contributed by atoms with van der Waals surface area (Å²) in [6.07, 6.45) is 3.59. The van der Waals surface area contributed by atoms with Crippen LogP contribution in [-0.4, -0.2) is 23.9 Å². The van der Waals surface area contributed by atoms with E-state index in [4.69, 9.17) is 15.0 Å². The molecular weight excluding hydrogens is 250 g/mol. The van der Waals surface area contributed by atoms with E-state index in [0.29, 0.717) is 18.3 Å². The van der Waals surface area contributed by atoms with E-state index in [0.717, 1.165) is 11.3 Å². The minimum atomic E-state index is -0.334. The van der Waals surface area contributed by atoms with Gasteiger partial charge in [0.2, 0.25) is 0 Å². The van der Waals surface area contributed by atoms with Crippen LogP contribution in [0.2, 0.25) is 0 Å². The zero-order chi connectivity index (χ0) is 12.5.